The van der Waals surface area contributed by atoms with Crippen molar-refractivity contribution in [1.29, 1.82) is 0 Å². The van der Waals surface area contributed by atoms with Crippen LogP contribution in [-0.2, 0) is 0 Å². The molecule has 144 valence electrons. The van der Waals surface area contributed by atoms with Crippen LogP contribution in [0.25, 0.3) is 5.65 Å². The molecule has 4 aromatic rings. The molecule has 2 aromatic heterocycles. The molecule has 2 amide bonds. The number of carbonyl (C=O) groups excluding carboxylic acids is 2. The van der Waals surface area contributed by atoms with E-state index in [1.165, 1.54) is 0 Å². The van der Waals surface area contributed by atoms with Crippen LogP contribution in [-0.4, -0.2) is 21.2 Å². The maximum atomic E-state index is 12.5. The molecule has 7 nitrogen and oxygen atoms in total. The lowest BCUT2D eigenvalue weighted by molar-refractivity contribution is 0.0995. The molecule has 2 aromatic carbocycles. The van der Waals surface area contributed by atoms with Gasteiger partial charge >= 0.3 is 0 Å². The highest BCUT2D eigenvalue weighted by molar-refractivity contribution is 6.03. The predicted octanol–water partition coefficient (Wildman–Crippen LogP) is 3.79. The van der Waals surface area contributed by atoms with Crippen LogP contribution in [0.3, 0.4) is 0 Å². The number of pyridine rings is 1. The molecule has 7 heteroatoms. The second-order valence-corrected chi connectivity index (χ2v) is 6.46. The van der Waals surface area contributed by atoms with Gasteiger partial charge in [-0.3, -0.25) is 9.59 Å². The lowest BCUT2D eigenvalue weighted by Gasteiger charge is -2.10. The quantitative estimate of drug-likeness (QED) is 0.545. The number of primary amides is 1. The second kappa shape index (κ2) is 7.47. The molecule has 0 radical (unpaired) electrons. The number of aromatic nitrogens is 2. The normalized spacial score (nSPS) is 10.7. The van der Waals surface area contributed by atoms with Crippen molar-refractivity contribution in [2.75, 3.05) is 5.32 Å². The fourth-order valence-electron chi connectivity index (χ4n) is 2.95. The first-order valence-corrected chi connectivity index (χ1v) is 8.94. The van der Waals surface area contributed by atoms with Gasteiger partial charge in [-0.1, -0.05) is 18.2 Å². The number of rotatable bonds is 5. The maximum Gasteiger partial charge on any atom is 0.275 e. The van der Waals surface area contributed by atoms with Gasteiger partial charge in [0.2, 0.25) is 0 Å². The average molecular weight is 386 g/mol. The minimum absolute atomic E-state index is 0.298. The van der Waals surface area contributed by atoms with Crippen molar-refractivity contribution in [3.8, 4) is 11.5 Å². The molecular formula is C22H18N4O3. The molecule has 0 spiro atoms. The number of fused-ring (bicyclic) bond motifs is 1. The highest BCUT2D eigenvalue weighted by Gasteiger charge is 2.13. The Hall–Kier alpha value is -4.13. The molecule has 29 heavy (non-hydrogen) atoms. The van der Waals surface area contributed by atoms with Crippen molar-refractivity contribution < 1.29 is 14.3 Å². The molecule has 0 saturated heterocycles. The lowest BCUT2D eigenvalue weighted by Crippen LogP contribution is -2.12. The predicted molar refractivity (Wildman–Crippen MR) is 109 cm³/mol. The number of carbonyl (C=O) groups is 2. The zero-order valence-corrected chi connectivity index (χ0v) is 15.6. The number of hydrogen-bond donors (Lipinski definition) is 2. The molecule has 0 fully saturated rings. The van der Waals surface area contributed by atoms with Crippen molar-refractivity contribution >= 4 is 23.1 Å². The third kappa shape index (κ3) is 3.79. The summed E-state index contributed by atoms with van der Waals surface area (Å²) in [6.07, 6.45) is 1.71. The SMILES string of the molecule is Cc1cccc2nc(C(=O)Nc3ccc(Oc4ccccc4C(N)=O)cc3)cn12. The van der Waals surface area contributed by atoms with Crippen molar-refractivity contribution in [3.05, 3.63) is 89.9 Å². The van der Waals surface area contributed by atoms with Crippen molar-refractivity contribution in [1.82, 2.24) is 9.38 Å². The van der Waals surface area contributed by atoms with E-state index in [4.69, 9.17) is 10.5 Å². The van der Waals surface area contributed by atoms with Gasteiger partial charge in [0, 0.05) is 17.6 Å². The van der Waals surface area contributed by atoms with Crippen LogP contribution in [0.15, 0.2) is 72.9 Å². The summed E-state index contributed by atoms with van der Waals surface area (Å²) in [4.78, 5) is 28.4. The zero-order chi connectivity index (χ0) is 20.4. The number of aryl methyl sites for hydroxylation is 1. The molecule has 0 unspecified atom stereocenters. The van der Waals surface area contributed by atoms with Crippen LogP contribution in [0, 0.1) is 6.92 Å². The summed E-state index contributed by atoms with van der Waals surface area (Å²) in [5.41, 5.74) is 8.30. The highest BCUT2D eigenvalue weighted by Crippen LogP contribution is 2.26. The molecule has 3 N–H and O–H groups in total. The van der Waals surface area contributed by atoms with E-state index in [0.29, 0.717) is 34.1 Å². The Morgan fingerprint density at radius 1 is 1.00 bits per heavy atom. The van der Waals surface area contributed by atoms with E-state index in [-0.39, 0.29) is 5.91 Å². The van der Waals surface area contributed by atoms with Gasteiger partial charge in [0.25, 0.3) is 11.8 Å². The molecule has 0 saturated carbocycles. The fraction of sp³-hybridized carbons (Fsp3) is 0.0455. The fourth-order valence-corrected chi connectivity index (χ4v) is 2.95. The molecule has 0 atom stereocenters. The van der Waals surface area contributed by atoms with Gasteiger partial charge in [-0.05, 0) is 55.5 Å². The monoisotopic (exact) mass is 386 g/mol. The number of nitrogens with one attached hydrogen (secondary N) is 1. The van der Waals surface area contributed by atoms with Gasteiger partial charge in [0.05, 0.1) is 5.56 Å². The van der Waals surface area contributed by atoms with Crippen LogP contribution in [0.1, 0.15) is 26.5 Å². The number of nitrogens with two attached hydrogens (primary N) is 1. The Labute approximate surface area is 166 Å². The zero-order valence-electron chi connectivity index (χ0n) is 15.6. The van der Waals surface area contributed by atoms with E-state index in [1.54, 1.807) is 54.7 Å². The average Bonchev–Trinajstić information content (AvgIpc) is 3.16. The van der Waals surface area contributed by atoms with Crippen molar-refractivity contribution in [3.63, 3.8) is 0 Å². The summed E-state index contributed by atoms with van der Waals surface area (Å²) in [5, 5.41) is 2.81. The molecular weight excluding hydrogens is 368 g/mol. The minimum atomic E-state index is -0.563. The molecule has 2 heterocycles. The number of benzene rings is 2. The molecule has 0 bridgehead atoms. The van der Waals surface area contributed by atoms with E-state index in [0.717, 1.165) is 5.69 Å². The van der Waals surface area contributed by atoms with Crippen LogP contribution in [0.2, 0.25) is 0 Å². The number of nitrogens with zero attached hydrogens (tertiary/aromatic N) is 2. The minimum Gasteiger partial charge on any atom is -0.457 e. The Bertz CT molecular complexity index is 1210. The van der Waals surface area contributed by atoms with Gasteiger partial charge in [-0.2, -0.15) is 0 Å². The van der Waals surface area contributed by atoms with Gasteiger partial charge in [0.1, 0.15) is 22.8 Å². The van der Waals surface area contributed by atoms with Gasteiger partial charge < -0.3 is 20.2 Å². The largest absolute Gasteiger partial charge is 0.457 e. The van der Waals surface area contributed by atoms with E-state index in [9.17, 15) is 9.59 Å². The maximum absolute atomic E-state index is 12.5. The number of para-hydroxylation sites is 1. The van der Waals surface area contributed by atoms with E-state index in [1.807, 2.05) is 29.5 Å². The van der Waals surface area contributed by atoms with Gasteiger partial charge in [-0.25, -0.2) is 4.98 Å². The first kappa shape index (κ1) is 18.2. The number of hydrogen-bond acceptors (Lipinski definition) is 4. The molecule has 4 rings (SSSR count). The molecule has 0 aliphatic rings. The molecule has 0 aliphatic carbocycles. The Balaban J connectivity index is 1.49. The Morgan fingerprint density at radius 2 is 1.76 bits per heavy atom. The summed E-state index contributed by atoms with van der Waals surface area (Å²) in [5.74, 6) is 0.0185. The summed E-state index contributed by atoms with van der Waals surface area (Å²) < 4.78 is 7.60. The number of anilines is 1. The summed E-state index contributed by atoms with van der Waals surface area (Å²) in [6, 6.07) is 19.2. The lowest BCUT2D eigenvalue weighted by atomic mass is 10.2. The smallest absolute Gasteiger partial charge is 0.275 e. The van der Waals surface area contributed by atoms with Crippen molar-refractivity contribution in [2.24, 2.45) is 5.73 Å². The van der Waals surface area contributed by atoms with Crippen LogP contribution in [0.5, 0.6) is 11.5 Å². The first-order chi connectivity index (χ1) is 14.0. The number of ether oxygens (including phenoxy) is 1. The summed E-state index contributed by atoms with van der Waals surface area (Å²) in [6.45, 7) is 1.95. The Morgan fingerprint density at radius 3 is 2.48 bits per heavy atom. The number of amides is 2. The van der Waals surface area contributed by atoms with E-state index in [2.05, 4.69) is 10.3 Å². The van der Waals surface area contributed by atoms with Gasteiger partial charge in [-0.15, -0.1) is 0 Å². The van der Waals surface area contributed by atoms with Crippen molar-refractivity contribution in [2.45, 2.75) is 6.92 Å². The third-order valence-corrected chi connectivity index (χ3v) is 4.42. The third-order valence-electron chi connectivity index (χ3n) is 4.42. The first-order valence-electron chi connectivity index (χ1n) is 8.94. The van der Waals surface area contributed by atoms with Crippen LogP contribution < -0.4 is 15.8 Å². The van der Waals surface area contributed by atoms with Gasteiger partial charge in [0.15, 0.2) is 0 Å². The van der Waals surface area contributed by atoms with Crippen LogP contribution >= 0.6 is 0 Å². The molecule has 0 aliphatic heterocycles. The topological polar surface area (TPSA) is 98.7 Å². The standard InChI is InChI=1S/C22H18N4O3/c1-14-5-4-8-20-25-18(13-26(14)20)22(28)24-15-9-11-16(12-10-15)29-19-7-3-2-6-17(19)21(23)27/h2-13H,1H3,(H2,23,27)(H,24,28). The van der Waals surface area contributed by atoms with E-state index < -0.39 is 5.91 Å². The number of imidazole rings is 1. The summed E-state index contributed by atoms with van der Waals surface area (Å²) in [7, 11) is 0. The summed E-state index contributed by atoms with van der Waals surface area (Å²) >= 11 is 0. The van der Waals surface area contributed by atoms with E-state index >= 15 is 0 Å². The second-order valence-electron chi connectivity index (χ2n) is 6.46. The van der Waals surface area contributed by atoms with Crippen LogP contribution in [0.4, 0.5) is 5.69 Å². The Kier molecular flexibility index (Phi) is 4.70. The highest BCUT2D eigenvalue weighted by atomic mass is 16.5.